The number of anilines is 1. The Kier molecular flexibility index (Phi) is 4.93. The van der Waals surface area contributed by atoms with Crippen molar-refractivity contribution in [2.45, 2.75) is 19.9 Å². The quantitative estimate of drug-likeness (QED) is 0.570. The Morgan fingerprint density at radius 3 is 2.70 bits per heavy atom. The summed E-state index contributed by atoms with van der Waals surface area (Å²) in [5, 5.41) is 2.40. The summed E-state index contributed by atoms with van der Waals surface area (Å²) in [4.78, 5) is 28.8. The number of nitrogens with one attached hydrogen (secondary N) is 1. The molecule has 0 atom stereocenters. The van der Waals surface area contributed by atoms with E-state index in [1.807, 2.05) is 31.6 Å². The van der Waals surface area contributed by atoms with Crippen molar-refractivity contribution in [3.8, 4) is 0 Å². The van der Waals surface area contributed by atoms with E-state index in [0.717, 1.165) is 54.9 Å². The van der Waals surface area contributed by atoms with Crippen molar-refractivity contribution in [3.05, 3.63) is 76.5 Å². The Morgan fingerprint density at radius 1 is 1.00 bits per heavy atom. The highest BCUT2D eigenvalue weighted by molar-refractivity contribution is 5.85. The molecule has 30 heavy (non-hydrogen) atoms. The lowest BCUT2D eigenvalue weighted by atomic mass is 10.1. The third-order valence-corrected chi connectivity index (χ3v) is 5.97. The zero-order chi connectivity index (χ0) is 20.5. The molecule has 0 spiro atoms. The molecule has 0 amide bonds. The van der Waals surface area contributed by atoms with E-state index >= 15 is 0 Å². The van der Waals surface area contributed by atoms with E-state index in [1.54, 1.807) is 0 Å². The van der Waals surface area contributed by atoms with Gasteiger partial charge < -0.3 is 9.88 Å². The highest BCUT2D eigenvalue weighted by atomic mass is 16.1. The van der Waals surface area contributed by atoms with E-state index in [1.165, 1.54) is 16.5 Å². The number of hydrogen-bond donors (Lipinski definition) is 1. The van der Waals surface area contributed by atoms with Gasteiger partial charge in [-0.1, -0.05) is 13.0 Å². The van der Waals surface area contributed by atoms with Gasteiger partial charge in [0.2, 0.25) is 0 Å². The number of benzene rings is 1. The van der Waals surface area contributed by atoms with Crippen LogP contribution in [0.15, 0.2) is 59.8 Å². The lowest BCUT2D eigenvalue weighted by Crippen LogP contribution is -2.45. The van der Waals surface area contributed by atoms with Gasteiger partial charge >= 0.3 is 0 Å². The Morgan fingerprint density at radius 2 is 1.87 bits per heavy atom. The van der Waals surface area contributed by atoms with Crippen molar-refractivity contribution in [1.82, 2.24) is 19.9 Å². The second-order valence-corrected chi connectivity index (χ2v) is 7.92. The van der Waals surface area contributed by atoms with Gasteiger partial charge in [-0.3, -0.25) is 19.7 Å². The van der Waals surface area contributed by atoms with Crippen molar-refractivity contribution < 1.29 is 0 Å². The fourth-order valence-electron chi connectivity index (χ4n) is 4.21. The molecule has 6 heteroatoms. The number of fused-ring (bicyclic) bond motifs is 2. The fraction of sp³-hybridized carbons (Fsp3) is 0.292. The molecule has 1 fully saturated rings. The van der Waals surface area contributed by atoms with Gasteiger partial charge in [0.05, 0.1) is 11.0 Å². The summed E-state index contributed by atoms with van der Waals surface area (Å²) in [7, 11) is 0. The summed E-state index contributed by atoms with van der Waals surface area (Å²) in [6.07, 6.45) is 6.40. The van der Waals surface area contributed by atoms with E-state index in [9.17, 15) is 4.79 Å². The highest BCUT2D eigenvalue weighted by Crippen LogP contribution is 2.23. The van der Waals surface area contributed by atoms with Gasteiger partial charge in [-0.2, -0.15) is 0 Å². The van der Waals surface area contributed by atoms with E-state index in [-0.39, 0.29) is 5.56 Å². The molecule has 1 saturated heterocycles. The summed E-state index contributed by atoms with van der Waals surface area (Å²) < 4.78 is 0. The second-order valence-electron chi connectivity index (χ2n) is 7.92. The third kappa shape index (κ3) is 3.66. The normalized spacial score (nSPS) is 15.2. The zero-order valence-electron chi connectivity index (χ0n) is 17.1. The van der Waals surface area contributed by atoms with Crippen LogP contribution >= 0.6 is 0 Å². The average molecular weight is 399 g/mol. The number of nitrogens with zero attached hydrogens (tertiary/aromatic N) is 4. The van der Waals surface area contributed by atoms with E-state index in [2.05, 4.69) is 55.1 Å². The summed E-state index contributed by atoms with van der Waals surface area (Å²) in [6, 6.07) is 12.6. The van der Waals surface area contributed by atoms with E-state index in [4.69, 9.17) is 0 Å². The van der Waals surface area contributed by atoms with Crippen LogP contribution in [0.2, 0.25) is 0 Å². The maximum absolute atomic E-state index is 12.1. The number of aromatic nitrogens is 3. The molecule has 0 bridgehead atoms. The van der Waals surface area contributed by atoms with Gasteiger partial charge in [0.1, 0.15) is 0 Å². The molecular weight excluding hydrogens is 374 g/mol. The molecule has 4 heterocycles. The SMILES string of the molecule is CCc1cc2ncc(CN3CCN(c4ccc5cnccc5c4)CC3)cc2[nH]c1=O. The first-order valence-electron chi connectivity index (χ1n) is 10.5. The van der Waals surface area contributed by atoms with Gasteiger partial charge in [0.25, 0.3) is 5.56 Å². The molecule has 5 rings (SSSR count). The van der Waals surface area contributed by atoms with Crippen LogP contribution in [0.3, 0.4) is 0 Å². The predicted molar refractivity (Wildman–Crippen MR) is 121 cm³/mol. The van der Waals surface area contributed by atoms with Gasteiger partial charge in [0.15, 0.2) is 0 Å². The predicted octanol–water partition coefficient (Wildman–Crippen LogP) is 3.36. The largest absolute Gasteiger partial charge is 0.369 e. The molecule has 0 saturated carbocycles. The van der Waals surface area contributed by atoms with Gasteiger partial charge in [-0.05, 0) is 47.7 Å². The molecule has 0 radical (unpaired) electrons. The smallest absolute Gasteiger partial charge is 0.251 e. The van der Waals surface area contributed by atoms with Gasteiger partial charge in [-0.15, -0.1) is 0 Å². The van der Waals surface area contributed by atoms with Crippen LogP contribution in [0.25, 0.3) is 21.8 Å². The highest BCUT2D eigenvalue weighted by Gasteiger charge is 2.18. The molecule has 3 aromatic heterocycles. The van der Waals surface area contributed by atoms with E-state index in [0.29, 0.717) is 6.42 Å². The first kappa shape index (κ1) is 18.8. The van der Waals surface area contributed by atoms with Gasteiger partial charge in [0, 0.05) is 68.0 Å². The minimum Gasteiger partial charge on any atom is -0.369 e. The van der Waals surface area contributed by atoms with Crippen LogP contribution in [-0.2, 0) is 13.0 Å². The summed E-state index contributed by atoms with van der Waals surface area (Å²) in [5.41, 5.74) is 4.84. The second kappa shape index (κ2) is 7.88. The van der Waals surface area contributed by atoms with Gasteiger partial charge in [-0.25, -0.2) is 0 Å². The Bertz CT molecular complexity index is 1260. The van der Waals surface area contributed by atoms with Crippen LogP contribution in [0.5, 0.6) is 0 Å². The van der Waals surface area contributed by atoms with Crippen molar-refractivity contribution in [3.63, 3.8) is 0 Å². The molecular formula is C24H25N5O. The maximum Gasteiger partial charge on any atom is 0.251 e. The third-order valence-electron chi connectivity index (χ3n) is 5.97. The molecule has 1 N–H and O–H groups in total. The Balaban J connectivity index is 1.27. The van der Waals surface area contributed by atoms with Crippen LogP contribution in [0.4, 0.5) is 5.69 Å². The van der Waals surface area contributed by atoms with Crippen molar-refractivity contribution in [2.75, 3.05) is 31.1 Å². The van der Waals surface area contributed by atoms with Crippen molar-refractivity contribution in [1.29, 1.82) is 0 Å². The Labute approximate surface area is 175 Å². The molecule has 4 aromatic rings. The fourth-order valence-corrected chi connectivity index (χ4v) is 4.21. The molecule has 1 aliphatic heterocycles. The zero-order valence-corrected chi connectivity index (χ0v) is 17.1. The molecule has 152 valence electrons. The first-order valence-corrected chi connectivity index (χ1v) is 10.5. The number of H-pyrrole nitrogens is 1. The molecule has 0 aliphatic carbocycles. The average Bonchev–Trinajstić information content (AvgIpc) is 2.79. The van der Waals surface area contributed by atoms with Crippen LogP contribution in [-0.4, -0.2) is 46.0 Å². The number of aryl methyl sites for hydroxylation is 1. The maximum atomic E-state index is 12.1. The molecule has 6 nitrogen and oxygen atoms in total. The number of rotatable bonds is 4. The summed E-state index contributed by atoms with van der Waals surface area (Å²) >= 11 is 0. The lowest BCUT2D eigenvalue weighted by molar-refractivity contribution is 0.250. The van der Waals surface area contributed by atoms with Crippen LogP contribution in [0.1, 0.15) is 18.1 Å². The molecule has 1 aliphatic rings. The van der Waals surface area contributed by atoms with E-state index < -0.39 is 0 Å². The number of piperazine rings is 1. The Hall–Kier alpha value is -3.25. The lowest BCUT2D eigenvalue weighted by Gasteiger charge is -2.36. The van der Waals surface area contributed by atoms with Crippen molar-refractivity contribution >= 4 is 27.5 Å². The topological polar surface area (TPSA) is 65.1 Å². The summed E-state index contributed by atoms with van der Waals surface area (Å²) in [5.74, 6) is 0. The number of hydrogen-bond acceptors (Lipinski definition) is 5. The van der Waals surface area contributed by atoms with Crippen LogP contribution < -0.4 is 10.5 Å². The summed E-state index contributed by atoms with van der Waals surface area (Å²) in [6.45, 7) is 6.81. The minimum absolute atomic E-state index is 0.0104. The minimum atomic E-state index is -0.0104. The molecule has 1 aromatic carbocycles. The number of aromatic amines is 1. The standard InChI is InChI=1S/C24H25N5O/c1-2-18-13-22-23(27-24(18)30)11-17(14-26-22)16-28-7-9-29(10-8-28)21-4-3-20-15-25-6-5-19(20)12-21/h3-6,11-15H,2,7-10,16H2,1H3,(H,27,30). The van der Waals surface area contributed by atoms with Crippen molar-refractivity contribution in [2.24, 2.45) is 0 Å². The molecule has 0 unspecified atom stereocenters. The first-order chi connectivity index (χ1) is 14.7. The monoisotopic (exact) mass is 399 g/mol. The number of pyridine rings is 3. The van der Waals surface area contributed by atoms with Crippen LogP contribution in [0, 0.1) is 0 Å².